The first kappa shape index (κ1) is 22.6. The lowest BCUT2D eigenvalue weighted by Gasteiger charge is -2.35. The van der Waals surface area contributed by atoms with Crippen LogP contribution in [0.5, 0.6) is 5.75 Å². The van der Waals surface area contributed by atoms with Gasteiger partial charge in [-0.2, -0.15) is 9.29 Å². The molecule has 0 radical (unpaired) electrons. The normalized spacial score (nSPS) is 18.6. The highest BCUT2D eigenvalue weighted by atomic mass is 32.2. The minimum atomic E-state index is -4.83. The van der Waals surface area contributed by atoms with E-state index in [1.165, 1.54) is 4.31 Å². The summed E-state index contributed by atoms with van der Waals surface area (Å²) < 4.78 is 73.1. The molecule has 0 atom stereocenters. The van der Waals surface area contributed by atoms with Gasteiger partial charge < -0.3 is 19.3 Å². The second-order valence-electron chi connectivity index (χ2n) is 7.22. The number of benzene rings is 1. The minimum absolute atomic E-state index is 0.0860. The molecule has 2 aliphatic heterocycles. The van der Waals surface area contributed by atoms with E-state index >= 15 is 0 Å². The average Bonchev–Trinajstić information content (AvgIpc) is 2.79. The monoisotopic (exact) mass is 473 g/mol. The van der Waals surface area contributed by atoms with Gasteiger partial charge in [-0.15, -0.1) is 13.2 Å². The van der Waals surface area contributed by atoms with Gasteiger partial charge in [0.15, 0.2) is 0 Å². The van der Waals surface area contributed by atoms with Crippen LogP contribution in [0.1, 0.15) is 0 Å². The minimum Gasteiger partial charge on any atom is -0.406 e. The zero-order valence-corrected chi connectivity index (χ0v) is 17.8. The van der Waals surface area contributed by atoms with E-state index < -0.39 is 22.1 Å². The number of anilines is 2. The number of alkyl halides is 3. The molecule has 0 bridgehead atoms. The van der Waals surface area contributed by atoms with Gasteiger partial charge in [-0.05, 0) is 30.3 Å². The Balaban J connectivity index is 1.40. The fraction of sp³-hybridized carbons (Fsp3) is 0.474. The van der Waals surface area contributed by atoms with E-state index in [0.29, 0.717) is 51.2 Å². The molecule has 1 aromatic carbocycles. The van der Waals surface area contributed by atoms with Crippen molar-refractivity contribution in [2.45, 2.75) is 11.3 Å². The van der Waals surface area contributed by atoms with Crippen LogP contribution < -0.4 is 14.5 Å². The number of ether oxygens (including phenoxy) is 2. The Labute approximate surface area is 183 Å². The first-order valence-corrected chi connectivity index (χ1v) is 11.4. The quantitative estimate of drug-likeness (QED) is 0.649. The lowest BCUT2D eigenvalue weighted by molar-refractivity contribution is -0.274. The molecule has 1 aromatic heterocycles. The van der Waals surface area contributed by atoms with Crippen molar-refractivity contribution in [2.24, 2.45) is 0 Å². The SMILES string of the molecule is O=S(=O)(c1ccc(OC(F)(F)F)cc1)N1CCN(c2ccnc(N3CCOCC3)n2)CC1. The van der Waals surface area contributed by atoms with Crippen LogP contribution >= 0.6 is 0 Å². The van der Waals surface area contributed by atoms with Gasteiger partial charge in [0.2, 0.25) is 16.0 Å². The molecule has 174 valence electrons. The van der Waals surface area contributed by atoms with E-state index in [-0.39, 0.29) is 18.0 Å². The van der Waals surface area contributed by atoms with E-state index in [4.69, 9.17) is 4.74 Å². The number of halogens is 3. The van der Waals surface area contributed by atoms with Crippen LogP contribution in [0.3, 0.4) is 0 Å². The van der Waals surface area contributed by atoms with Gasteiger partial charge in [0, 0.05) is 45.5 Å². The predicted molar refractivity (Wildman–Crippen MR) is 109 cm³/mol. The van der Waals surface area contributed by atoms with E-state index in [9.17, 15) is 21.6 Å². The second-order valence-corrected chi connectivity index (χ2v) is 9.16. The van der Waals surface area contributed by atoms with E-state index in [2.05, 4.69) is 14.7 Å². The number of hydrogen-bond acceptors (Lipinski definition) is 8. The van der Waals surface area contributed by atoms with Gasteiger partial charge >= 0.3 is 6.36 Å². The van der Waals surface area contributed by atoms with Gasteiger partial charge in [-0.3, -0.25) is 0 Å². The highest BCUT2D eigenvalue weighted by Gasteiger charge is 2.32. The highest BCUT2D eigenvalue weighted by Crippen LogP contribution is 2.26. The zero-order chi connectivity index (χ0) is 22.8. The third kappa shape index (κ3) is 5.22. The predicted octanol–water partition coefficient (Wildman–Crippen LogP) is 1.72. The van der Waals surface area contributed by atoms with Crippen molar-refractivity contribution in [3.05, 3.63) is 36.5 Å². The lowest BCUT2D eigenvalue weighted by atomic mass is 10.3. The van der Waals surface area contributed by atoms with Gasteiger partial charge in [-0.25, -0.2) is 13.4 Å². The molecule has 0 saturated carbocycles. The summed E-state index contributed by atoms with van der Waals surface area (Å²) in [5.74, 6) is 0.857. The van der Waals surface area contributed by atoms with Crippen LogP contribution in [0.2, 0.25) is 0 Å². The molecule has 2 aromatic rings. The standard InChI is InChI=1S/C19H22F3N5O4S/c20-19(21,22)31-15-1-3-16(4-2-15)32(28,29)27-9-7-25(8-10-27)17-5-6-23-18(24-17)26-11-13-30-14-12-26/h1-6H,7-14H2. The molecule has 0 aliphatic carbocycles. The molecule has 4 rings (SSSR count). The highest BCUT2D eigenvalue weighted by molar-refractivity contribution is 7.89. The molecule has 0 spiro atoms. The topological polar surface area (TPSA) is 88.1 Å². The summed E-state index contributed by atoms with van der Waals surface area (Å²) in [5, 5.41) is 0. The first-order chi connectivity index (χ1) is 15.2. The summed E-state index contributed by atoms with van der Waals surface area (Å²) in [7, 11) is -3.84. The molecule has 0 N–H and O–H groups in total. The van der Waals surface area contributed by atoms with E-state index in [1.54, 1.807) is 12.3 Å². The number of morpholine rings is 1. The maximum absolute atomic E-state index is 12.9. The zero-order valence-electron chi connectivity index (χ0n) is 17.0. The lowest BCUT2D eigenvalue weighted by Crippen LogP contribution is -2.49. The molecule has 32 heavy (non-hydrogen) atoms. The fourth-order valence-corrected chi connectivity index (χ4v) is 4.97. The maximum Gasteiger partial charge on any atom is 0.573 e. The summed E-state index contributed by atoms with van der Waals surface area (Å²) in [6, 6.07) is 5.99. The Hall–Kier alpha value is -2.64. The van der Waals surface area contributed by atoms with Gasteiger partial charge in [-0.1, -0.05) is 0 Å². The molecule has 13 heteroatoms. The van der Waals surface area contributed by atoms with Crippen LogP contribution in [-0.2, 0) is 14.8 Å². The van der Waals surface area contributed by atoms with Crippen LogP contribution in [0.4, 0.5) is 24.9 Å². The van der Waals surface area contributed by atoms with E-state index in [1.807, 2.05) is 9.80 Å². The number of hydrogen-bond donors (Lipinski definition) is 0. The Morgan fingerprint density at radius 1 is 0.906 bits per heavy atom. The fourth-order valence-electron chi connectivity index (χ4n) is 3.55. The summed E-state index contributed by atoms with van der Waals surface area (Å²) in [5.41, 5.74) is 0. The molecule has 2 aliphatic rings. The summed E-state index contributed by atoms with van der Waals surface area (Å²) in [6.45, 7) is 3.95. The van der Waals surface area contributed by atoms with Crippen molar-refractivity contribution in [3.8, 4) is 5.75 Å². The summed E-state index contributed by atoms with van der Waals surface area (Å²) >= 11 is 0. The molecule has 2 fully saturated rings. The van der Waals surface area contributed by atoms with E-state index in [0.717, 1.165) is 24.3 Å². The van der Waals surface area contributed by atoms with Gasteiger partial charge in [0.1, 0.15) is 11.6 Å². The molecule has 0 amide bonds. The van der Waals surface area contributed by atoms with Crippen molar-refractivity contribution < 1.29 is 31.1 Å². The number of aromatic nitrogens is 2. The third-order valence-electron chi connectivity index (χ3n) is 5.18. The van der Waals surface area contributed by atoms with Crippen LogP contribution in [0, 0.1) is 0 Å². The molecule has 3 heterocycles. The van der Waals surface area contributed by atoms with Crippen molar-refractivity contribution >= 4 is 21.8 Å². The Kier molecular flexibility index (Phi) is 6.40. The van der Waals surface area contributed by atoms with Crippen LogP contribution in [0.25, 0.3) is 0 Å². The molecule has 2 saturated heterocycles. The smallest absolute Gasteiger partial charge is 0.406 e. The third-order valence-corrected chi connectivity index (χ3v) is 7.09. The molecule has 0 unspecified atom stereocenters. The number of rotatable bonds is 5. The van der Waals surface area contributed by atoms with Crippen molar-refractivity contribution in [2.75, 3.05) is 62.3 Å². The molecular weight excluding hydrogens is 451 g/mol. The van der Waals surface area contributed by atoms with Crippen LogP contribution in [-0.4, -0.2) is 81.5 Å². The van der Waals surface area contributed by atoms with Gasteiger partial charge in [0.05, 0.1) is 18.1 Å². The number of nitrogens with zero attached hydrogens (tertiary/aromatic N) is 5. The molecular formula is C19H22F3N5O4S. The first-order valence-electron chi connectivity index (χ1n) is 9.99. The second kappa shape index (κ2) is 9.08. The largest absolute Gasteiger partial charge is 0.573 e. The van der Waals surface area contributed by atoms with Crippen molar-refractivity contribution in [1.29, 1.82) is 0 Å². The Morgan fingerprint density at radius 3 is 2.19 bits per heavy atom. The Bertz CT molecular complexity index is 1020. The Morgan fingerprint density at radius 2 is 1.56 bits per heavy atom. The number of piperazine rings is 1. The molecule has 9 nitrogen and oxygen atoms in total. The van der Waals surface area contributed by atoms with Crippen molar-refractivity contribution in [3.63, 3.8) is 0 Å². The average molecular weight is 473 g/mol. The number of sulfonamides is 1. The van der Waals surface area contributed by atoms with Crippen molar-refractivity contribution in [1.82, 2.24) is 14.3 Å². The summed E-state index contributed by atoms with van der Waals surface area (Å²) in [6.07, 6.45) is -3.15. The summed E-state index contributed by atoms with van der Waals surface area (Å²) in [4.78, 5) is 12.9. The van der Waals surface area contributed by atoms with Crippen LogP contribution in [0.15, 0.2) is 41.4 Å². The van der Waals surface area contributed by atoms with Gasteiger partial charge in [0.25, 0.3) is 0 Å². The maximum atomic E-state index is 12.9.